The number of para-hydroxylation sites is 2. The number of hydrogen-bond acceptors (Lipinski definition) is 6. The van der Waals surface area contributed by atoms with E-state index in [1.807, 2.05) is 6.07 Å². The molecule has 2 aromatic carbocycles. The van der Waals surface area contributed by atoms with Crippen LogP contribution in [-0.4, -0.2) is 35.1 Å². The molecule has 0 bridgehead atoms. The molecule has 8 heteroatoms. The van der Waals surface area contributed by atoms with Gasteiger partial charge in [0, 0.05) is 5.02 Å². The molecule has 1 unspecified atom stereocenters. The number of anilines is 1. The van der Waals surface area contributed by atoms with Gasteiger partial charge in [-0.2, -0.15) is 0 Å². The first-order valence-electron chi connectivity index (χ1n) is 8.05. The fourth-order valence-electron chi connectivity index (χ4n) is 2.34. The van der Waals surface area contributed by atoms with E-state index in [0.717, 1.165) is 0 Å². The first kappa shape index (κ1) is 18.6. The minimum absolute atomic E-state index is 0.0219. The Hall–Kier alpha value is -3.19. The highest BCUT2D eigenvalue weighted by Gasteiger charge is 2.21. The van der Waals surface area contributed by atoms with Crippen LogP contribution < -0.4 is 10.1 Å². The predicted molar refractivity (Wildman–Crippen MR) is 101 cm³/mol. The first-order valence-corrected chi connectivity index (χ1v) is 8.43. The van der Waals surface area contributed by atoms with Gasteiger partial charge < -0.3 is 14.8 Å². The summed E-state index contributed by atoms with van der Waals surface area (Å²) in [6.07, 6.45) is 0.254. The molecule has 1 aromatic heterocycles. The van der Waals surface area contributed by atoms with Crippen molar-refractivity contribution >= 4 is 40.2 Å². The SMILES string of the molecule is COc1ccc(Cl)cc1NC(=O)C(C)OC(=O)c1cnc2ccccc2n1. The molecule has 0 spiro atoms. The molecule has 1 N–H and O–H groups in total. The summed E-state index contributed by atoms with van der Waals surface area (Å²) in [6.45, 7) is 1.46. The molecular formula is C19H16ClN3O4. The lowest BCUT2D eigenvalue weighted by Crippen LogP contribution is -2.30. The largest absolute Gasteiger partial charge is 0.495 e. The summed E-state index contributed by atoms with van der Waals surface area (Å²) >= 11 is 5.94. The quantitative estimate of drug-likeness (QED) is 0.676. The summed E-state index contributed by atoms with van der Waals surface area (Å²) in [5.41, 5.74) is 1.62. The summed E-state index contributed by atoms with van der Waals surface area (Å²) in [7, 11) is 1.47. The van der Waals surface area contributed by atoms with Crippen molar-refractivity contribution in [2.45, 2.75) is 13.0 Å². The molecule has 138 valence electrons. The Bertz CT molecular complexity index is 1010. The van der Waals surface area contributed by atoms with Gasteiger partial charge in [0.1, 0.15) is 5.75 Å². The van der Waals surface area contributed by atoms with E-state index in [-0.39, 0.29) is 5.69 Å². The van der Waals surface area contributed by atoms with E-state index in [2.05, 4.69) is 15.3 Å². The monoisotopic (exact) mass is 385 g/mol. The van der Waals surface area contributed by atoms with Crippen LogP contribution in [0, 0.1) is 0 Å². The topological polar surface area (TPSA) is 90.4 Å². The molecule has 0 radical (unpaired) electrons. The average molecular weight is 386 g/mol. The van der Waals surface area contributed by atoms with Crippen LogP contribution in [0.4, 0.5) is 5.69 Å². The van der Waals surface area contributed by atoms with Crippen molar-refractivity contribution in [3.63, 3.8) is 0 Å². The summed E-state index contributed by atoms with van der Waals surface area (Å²) < 4.78 is 10.4. The van der Waals surface area contributed by atoms with Gasteiger partial charge in [-0.1, -0.05) is 23.7 Å². The maximum Gasteiger partial charge on any atom is 0.359 e. The van der Waals surface area contributed by atoms with Gasteiger partial charge in [-0.3, -0.25) is 9.78 Å². The number of nitrogens with one attached hydrogen (secondary N) is 1. The Morgan fingerprint density at radius 3 is 2.63 bits per heavy atom. The van der Waals surface area contributed by atoms with E-state index in [9.17, 15) is 9.59 Å². The predicted octanol–water partition coefficient (Wildman–Crippen LogP) is 3.48. The lowest BCUT2D eigenvalue weighted by Gasteiger charge is -2.15. The van der Waals surface area contributed by atoms with Gasteiger partial charge in [0.25, 0.3) is 5.91 Å². The summed E-state index contributed by atoms with van der Waals surface area (Å²) in [6, 6.07) is 11.9. The summed E-state index contributed by atoms with van der Waals surface area (Å²) in [5, 5.41) is 3.06. The van der Waals surface area contributed by atoms with Gasteiger partial charge in [0.15, 0.2) is 11.8 Å². The first-order chi connectivity index (χ1) is 13.0. The smallest absolute Gasteiger partial charge is 0.359 e. The number of methoxy groups -OCH3 is 1. The number of nitrogens with zero attached hydrogens (tertiary/aromatic N) is 2. The Kier molecular flexibility index (Phi) is 5.52. The zero-order chi connectivity index (χ0) is 19.4. The molecule has 7 nitrogen and oxygen atoms in total. The number of halogens is 1. The van der Waals surface area contributed by atoms with Crippen LogP contribution in [0.3, 0.4) is 0 Å². The van der Waals surface area contributed by atoms with Gasteiger partial charge in [-0.25, -0.2) is 9.78 Å². The van der Waals surface area contributed by atoms with E-state index in [4.69, 9.17) is 21.1 Å². The van der Waals surface area contributed by atoms with E-state index >= 15 is 0 Å². The van der Waals surface area contributed by atoms with Crippen molar-refractivity contribution in [1.29, 1.82) is 0 Å². The van der Waals surface area contributed by atoms with Crippen molar-refractivity contribution in [1.82, 2.24) is 9.97 Å². The van der Waals surface area contributed by atoms with Crippen molar-refractivity contribution in [3.8, 4) is 5.75 Å². The van der Waals surface area contributed by atoms with Crippen LogP contribution >= 0.6 is 11.6 Å². The normalized spacial score (nSPS) is 11.7. The Morgan fingerprint density at radius 2 is 1.89 bits per heavy atom. The number of amides is 1. The second-order valence-corrected chi connectivity index (χ2v) is 6.06. The van der Waals surface area contributed by atoms with Crippen LogP contribution in [0.25, 0.3) is 11.0 Å². The second kappa shape index (κ2) is 8.01. The third-order valence-electron chi connectivity index (χ3n) is 3.73. The molecule has 1 atom stereocenters. The molecule has 0 saturated carbocycles. The number of benzene rings is 2. The summed E-state index contributed by atoms with van der Waals surface area (Å²) in [5.74, 6) is -0.835. The van der Waals surface area contributed by atoms with Crippen molar-refractivity contribution in [3.05, 3.63) is 59.4 Å². The van der Waals surface area contributed by atoms with Crippen LogP contribution in [0.5, 0.6) is 5.75 Å². The Balaban J connectivity index is 1.70. The van der Waals surface area contributed by atoms with Gasteiger partial charge in [0.2, 0.25) is 0 Å². The molecule has 1 amide bonds. The number of aromatic nitrogens is 2. The average Bonchev–Trinajstić information content (AvgIpc) is 2.67. The number of carbonyl (C=O) groups is 2. The number of carbonyl (C=O) groups excluding carboxylic acids is 2. The van der Waals surface area contributed by atoms with Crippen molar-refractivity contribution < 1.29 is 19.1 Å². The minimum Gasteiger partial charge on any atom is -0.495 e. The maximum atomic E-state index is 12.3. The summed E-state index contributed by atoms with van der Waals surface area (Å²) in [4.78, 5) is 33.0. The fourth-order valence-corrected chi connectivity index (χ4v) is 2.51. The number of esters is 1. The Labute approximate surface area is 160 Å². The van der Waals surface area contributed by atoms with E-state index in [0.29, 0.717) is 27.5 Å². The van der Waals surface area contributed by atoms with Gasteiger partial charge in [0.05, 0.1) is 30.0 Å². The highest BCUT2D eigenvalue weighted by molar-refractivity contribution is 6.31. The molecular weight excluding hydrogens is 370 g/mol. The van der Waals surface area contributed by atoms with E-state index in [1.54, 1.807) is 36.4 Å². The van der Waals surface area contributed by atoms with Crippen LogP contribution in [0.2, 0.25) is 5.02 Å². The molecule has 0 aliphatic carbocycles. The third-order valence-corrected chi connectivity index (χ3v) is 3.97. The molecule has 1 heterocycles. The number of rotatable bonds is 5. The van der Waals surface area contributed by atoms with Gasteiger partial charge >= 0.3 is 5.97 Å². The number of hydrogen-bond donors (Lipinski definition) is 1. The lowest BCUT2D eigenvalue weighted by molar-refractivity contribution is -0.123. The lowest BCUT2D eigenvalue weighted by atomic mass is 10.2. The molecule has 3 aromatic rings. The van der Waals surface area contributed by atoms with Crippen LogP contribution in [0.1, 0.15) is 17.4 Å². The minimum atomic E-state index is -1.06. The van der Waals surface area contributed by atoms with E-state index in [1.165, 1.54) is 20.2 Å². The van der Waals surface area contributed by atoms with Crippen molar-refractivity contribution in [2.75, 3.05) is 12.4 Å². The molecule has 3 rings (SSSR count). The fraction of sp³-hybridized carbons (Fsp3) is 0.158. The number of fused-ring (bicyclic) bond motifs is 1. The molecule has 0 fully saturated rings. The Morgan fingerprint density at radius 1 is 1.15 bits per heavy atom. The molecule has 0 aliphatic heterocycles. The highest BCUT2D eigenvalue weighted by Crippen LogP contribution is 2.27. The molecule has 27 heavy (non-hydrogen) atoms. The zero-order valence-corrected chi connectivity index (χ0v) is 15.4. The van der Waals surface area contributed by atoms with Crippen LogP contribution in [-0.2, 0) is 9.53 Å². The van der Waals surface area contributed by atoms with Gasteiger partial charge in [-0.15, -0.1) is 0 Å². The third kappa shape index (κ3) is 4.32. The number of ether oxygens (including phenoxy) is 2. The van der Waals surface area contributed by atoms with Gasteiger partial charge in [-0.05, 0) is 37.3 Å². The molecule has 0 saturated heterocycles. The van der Waals surface area contributed by atoms with Crippen molar-refractivity contribution in [2.24, 2.45) is 0 Å². The van der Waals surface area contributed by atoms with E-state index < -0.39 is 18.0 Å². The second-order valence-electron chi connectivity index (χ2n) is 5.63. The van der Waals surface area contributed by atoms with Crippen LogP contribution in [0.15, 0.2) is 48.7 Å². The zero-order valence-electron chi connectivity index (χ0n) is 14.6. The maximum absolute atomic E-state index is 12.3. The highest BCUT2D eigenvalue weighted by atomic mass is 35.5. The standard InChI is InChI=1S/C19H16ClN3O4/c1-11(18(24)23-15-9-12(20)7-8-17(15)26-2)27-19(25)16-10-21-13-5-3-4-6-14(13)22-16/h3-11H,1-2H3,(H,23,24). The molecule has 0 aliphatic rings.